The molecule has 3 amide bonds. The van der Waals surface area contributed by atoms with Crippen LogP contribution in [0.4, 0.5) is 4.79 Å². The Morgan fingerprint density at radius 1 is 1.48 bits per heavy atom. The topological polar surface area (TPSA) is 113 Å². The van der Waals surface area contributed by atoms with Gasteiger partial charge in [0, 0.05) is 19.7 Å². The zero-order chi connectivity index (χ0) is 15.2. The molecular formula is C13H17N5O3. The second kappa shape index (κ2) is 3.23. The molecule has 0 radical (unpaired) electrons. The lowest BCUT2D eigenvalue weighted by Gasteiger charge is -2.46. The molecular weight excluding hydrogens is 274 g/mol. The van der Waals surface area contributed by atoms with Gasteiger partial charge in [0.25, 0.3) is 5.91 Å². The number of hydrogen-bond acceptors (Lipinski definition) is 4. The summed E-state index contributed by atoms with van der Waals surface area (Å²) in [7, 11) is 1.66. The molecule has 21 heavy (non-hydrogen) atoms. The highest BCUT2D eigenvalue weighted by molar-refractivity contribution is 5.95. The summed E-state index contributed by atoms with van der Waals surface area (Å²) in [4.78, 5) is 25.7. The normalized spacial score (nSPS) is 44.0. The van der Waals surface area contributed by atoms with Crippen molar-refractivity contribution in [1.29, 1.82) is 0 Å². The van der Waals surface area contributed by atoms with E-state index in [9.17, 15) is 14.7 Å². The molecule has 4 rings (SSSR count). The lowest BCUT2D eigenvalue weighted by Crippen LogP contribution is -2.77. The number of carbonyl (C=O) groups is 2. The van der Waals surface area contributed by atoms with E-state index in [2.05, 4.69) is 10.6 Å². The van der Waals surface area contributed by atoms with E-state index < -0.39 is 23.0 Å². The number of nitrogens with two attached hydrogens (primary N) is 1. The third-order valence-electron chi connectivity index (χ3n) is 5.38. The number of rotatable bonds is 0. The first-order valence-electron chi connectivity index (χ1n) is 6.80. The highest BCUT2D eigenvalue weighted by Crippen LogP contribution is 2.52. The Kier molecular flexibility index (Phi) is 1.95. The smallest absolute Gasteiger partial charge is 0.318 e. The standard InChI is InChI=1S/C13H17N5O3/c1-11-6-12(21)13(14,9(11)15-10(20)17(11)2)16-8(19)7-4-3-5-18(7)12/h3-5,9,21H,6,14H2,1-2H3,(H,15,20)(H,16,19)/t9?,11?,12?,13-/m0/s1. The molecule has 1 aromatic rings. The van der Waals surface area contributed by atoms with Crippen molar-refractivity contribution >= 4 is 11.9 Å². The van der Waals surface area contributed by atoms with Gasteiger partial charge in [0.2, 0.25) is 0 Å². The lowest BCUT2D eigenvalue weighted by atomic mass is 9.91. The minimum atomic E-state index is -1.50. The van der Waals surface area contributed by atoms with E-state index in [4.69, 9.17) is 5.73 Å². The molecule has 0 spiro atoms. The van der Waals surface area contributed by atoms with Crippen LogP contribution in [0.2, 0.25) is 0 Å². The van der Waals surface area contributed by atoms with Gasteiger partial charge in [-0.05, 0) is 19.1 Å². The molecule has 2 aliphatic heterocycles. The maximum Gasteiger partial charge on any atom is 0.318 e. The number of likely N-dealkylation sites (N-methyl/N-ethyl adjacent to an activating group) is 1. The van der Waals surface area contributed by atoms with Crippen LogP contribution in [0.25, 0.3) is 0 Å². The molecule has 3 aliphatic rings. The van der Waals surface area contributed by atoms with Gasteiger partial charge in [-0.1, -0.05) is 0 Å². The van der Waals surface area contributed by atoms with Crippen LogP contribution in [0.1, 0.15) is 23.8 Å². The predicted molar refractivity (Wildman–Crippen MR) is 72.1 cm³/mol. The molecule has 1 aliphatic carbocycles. The monoisotopic (exact) mass is 291 g/mol. The van der Waals surface area contributed by atoms with Gasteiger partial charge in [-0.15, -0.1) is 0 Å². The van der Waals surface area contributed by atoms with Crippen molar-refractivity contribution in [3.05, 3.63) is 24.0 Å². The summed E-state index contributed by atoms with van der Waals surface area (Å²) in [6, 6.07) is 2.47. The largest absolute Gasteiger partial charge is 0.367 e. The van der Waals surface area contributed by atoms with Gasteiger partial charge in [0.15, 0.2) is 11.4 Å². The summed E-state index contributed by atoms with van der Waals surface area (Å²) in [6.07, 6.45) is 1.86. The summed E-state index contributed by atoms with van der Waals surface area (Å²) < 4.78 is 1.51. The minimum Gasteiger partial charge on any atom is -0.367 e. The predicted octanol–water partition coefficient (Wildman–Crippen LogP) is -1.28. The molecule has 0 bridgehead atoms. The van der Waals surface area contributed by atoms with E-state index in [1.165, 1.54) is 9.47 Å². The summed E-state index contributed by atoms with van der Waals surface area (Å²) >= 11 is 0. The van der Waals surface area contributed by atoms with Crippen molar-refractivity contribution in [2.45, 2.75) is 36.3 Å². The molecule has 2 fully saturated rings. The zero-order valence-electron chi connectivity index (χ0n) is 11.8. The van der Waals surface area contributed by atoms with E-state index in [1.54, 1.807) is 25.4 Å². The maximum absolute atomic E-state index is 12.2. The van der Waals surface area contributed by atoms with Crippen LogP contribution in [0.3, 0.4) is 0 Å². The lowest BCUT2D eigenvalue weighted by molar-refractivity contribution is -0.111. The van der Waals surface area contributed by atoms with E-state index >= 15 is 0 Å². The van der Waals surface area contributed by atoms with E-state index in [0.29, 0.717) is 5.69 Å². The fourth-order valence-electron chi connectivity index (χ4n) is 4.10. The summed E-state index contributed by atoms with van der Waals surface area (Å²) in [6.45, 7) is 1.86. The van der Waals surface area contributed by atoms with E-state index in [1.807, 2.05) is 6.92 Å². The van der Waals surface area contributed by atoms with Gasteiger partial charge >= 0.3 is 6.03 Å². The third kappa shape index (κ3) is 1.11. The zero-order valence-corrected chi connectivity index (χ0v) is 11.8. The second-order valence-electron chi connectivity index (χ2n) is 6.38. The Hall–Kier alpha value is -2.06. The Morgan fingerprint density at radius 2 is 2.19 bits per heavy atom. The van der Waals surface area contributed by atoms with Crippen LogP contribution in [0, 0.1) is 0 Å². The summed E-state index contributed by atoms with van der Waals surface area (Å²) in [5.41, 5.74) is 3.11. The van der Waals surface area contributed by atoms with Gasteiger partial charge in [0.1, 0.15) is 5.69 Å². The van der Waals surface area contributed by atoms with Gasteiger partial charge in [0.05, 0.1) is 11.6 Å². The van der Waals surface area contributed by atoms with Crippen molar-refractivity contribution in [3.63, 3.8) is 0 Å². The van der Waals surface area contributed by atoms with Gasteiger partial charge < -0.3 is 30.9 Å². The first kappa shape index (κ1) is 12.7. The highest BCUT2D eigenvalue weighted by atomic mass is 16.3. The molecule has 3 unspecified atom stereocenters. The fraction of sp³-hybridized carbons (Fsp3) is 0.538. The molecule has 8 nitrogen and oxygen atoms in total. The van der Waals surface area contributed by atoms with Crippen LogP contribution < -0.4 is 16.4 Å². The van der Waals surface area contributed by atoms with Crippen molar-refractivity contribution in [2.75, 3.05) is 7.05 Å². The number of aliphatic hydroxyl groups is 1. The SMILES string of the molecule is CN1C(=O)NC2C1(C)CC1(O)n3cccc3C(=O)N[C@@]21N. The number of nitrogens with one attached hydrogen (secondary N) is 2. The van der Waals surface area contributed by atoms with Crippen molar-refractivity contribution in [1.82, 2.24) is 20.1 Å². The molecule has 3 heterocycles. The van der Waals surface area contributed by atoms with Crippen LogP contribution >= 0.6 is 0 Å². The molecule has 5 N–H and O–H groups in total. The Balaban J connectivity index is 1.95. The fourth-order valence-corrected chi connectivity index (χ4v) is 4.10. The van der Waals surface area contributed by atoms with Crippen LogP contribution in [-0.2, 0) is 5.72 Å². The van der Waals surface area contributed by atoms with Gasteiger partial charge in [-0.3, -0.25) is 4.79 Å². The van der Waals surface area contributed by atoms with Gasteiger partial charge in [-0.25, -0.2) is 4.79 Å². The maximum atomic E-state index is 12.2. The number of hydrogen-bond donors (Lipinski definition) is 4. The quantitative estimate of drug-likeness (QED) is 0.477. The number of fused-ring (bicyclic) bond motifs is 5. The third-order valence-corrected chi connectivity index (χ3v) is 5.38. The molecule has 4 atom stereocenters. The Bertz CT molecular complexity index is 687. The van der Waals surface area contributed by atoms with Crippen molar-refractivity contribution < 1.29 is 14.7 Å². The molecule has 1 saturated heterocycles. The highest BCUT2D eigenvalue weighted by Gasteiger charge is 2.74. The van der Waals surface area contributed by atoms with E-state index in [0.717, 1.165) is 0 Å². The molecule has 1 saturated carbocycles. The molecule has 8 heteroatoms. The number of urea groups is 1. The Morgan fingerprint density at radius 3 is 2.90 bits per heavy atom. The number of carbonyl (C=O) groups excluding carboxylic acids is 2. The average molecular weight is 291 g/mol. The number of amides is 3. The molecule has 1 aromatic heterocycles. The summed E-state index contributed by atoms with van der Waals surface area (Å²) in [5, 5.41) is 16.7. The number of nitrogens with zero attached hydrogens (tertiary/aromatic N) is 2. The second-order valence-corrected chi connectivity index (χ2v) is 6.38. The van der Waals surface area contributed by atoms with E-state index in [-0.39, 0.29) is 18.4 Å². The van der Waals surface area contributed by atoms with Crippen LogP contribution in [0.5, 0.6) is 0 Å². The summed E-state index contributed by atoms with van der Waals surface area (Å²) in [5.74, 6) is -0.361. The molecule has 0 aromatic carbocycles. The average Bonchev–Trinajstić information content (AvgIpc) is 3.02. The van der Waals surface area contributed by atoms with Crippen LogP contribution in [0.15, 0.2) is 18.3 Å². The molecule has 112 valence electrons. The Labute approximate surface area is 120 Å². The first-order valence-corrected chi connectivity index (χ1v) is 6.80. The minimum absolute atomic E-state index is 0.221. The van der Waals surface area contributed by atoms with Crippen LogP contribution in [-0.4, -0.2) is 50.8 Å². The van der Waals surface area contributed by atoms with Crippen molar-refractivity contribution in [2.24, 2.45) is 5.73 Å². The van der Waals surface area contributed by atoms with Crippen molar-refractivity contribution in [3.8, 4) is 0 Å². The number of aromatic nitrogens is 1. The first-order chi connectivity index (χ1) is 9.74. The van der Waals surface area contributed by atoms with Gasteiger partial charge in [-0.2, -0.15) is 0 Å².